The normalized spacial score (nSPS) is 18.5. The van der Waals surface area contributed by atoms with E-state index in [1.165, 1.54) is 24.9 Å². The van der Waals surface area contributed by atoms with Crippen LogP contribution < -0.4 is 5.32 Å². The number of nitrogens with one attached hydrogen (secondary N) is 1. The van der Waals surface area contributed by atoms with Crippen LogP contribution >= 0.6 is 24.0 Å². The van der Waals surface area contributed by atoms with Crippen LogP contribution in [0.2, 0.25) is 0 Å². The first-order valence-corrected chi connectivity index (χ1v) is 8.86. The van der Waals surface area contributed by atoms with Crippen LogP contribution in [-0.4, -0.2) is 71.4 Å². The van der Waals surface area contributed by atoms with Gasteiger partial charge in [0.1, 0.15) is 0 Å². The summed E-state index contributed by atoms with van der Waals surface area (Å²) in [6.07, 6.45) is 6.56. The van der Waals surface area contributed by atoms with Crippen molar-refractivity contribution in [3.05, 3.63) is 18.0 Å². The number of aromatic nitrogens is 2. The molecule has 1 aliphatic rings. The number of likely N-dealkylation sites (tertiary alicyclic amines) is 1. The molecule has 0 amide bonds. The zero-order valence-electron chi connectivity index (χ0n) is 15.5. The Morgan fingerprint density at radius 1 is 1.46 bits per heavy atom. The fourth-order valence-corrected chi connectivity index (χ4v) is 3.24. The first-order chi connectivity index (χ1) is 11.1. The van der Waals surface area contributed by atoms with Gasteiger partial charge in [-0.3, -0.25) is 14.6 Å². The standard InChI is InChI=1S/C17H32N6.HI/c1-5-18-17(19-9-11-23-13-15(3)12-20-23)21(4)14-16-8-7-10-22(16)6-2;/h12-13,16H,5-11,14H2,1-4H3,(H,18,19);1H. The van der Waals surface area contributed by atoms with Crippen molar-refractivity contribution in [1.82, 2.24) is 24.9 Å². The van der Waals surface area contributed by atoms with Gasteiger partial charge in [-0.2, -0.15) is 5.10 Å². The van der Waals surface area contributed by atoms with E-state index < -0.39 is 0 Å². The van der Waals surface area contributed by atoms with Crippen molar-refractivity contribution in [3.63, 3.8) is 0 Å². The molecule has 1 aromatic heterocycles. The van der Waals surface area contributed by atoms with Gasteiger partial charge in [0, 0.05) is 32.4 Å². The summed E-state index contributed by atoms with van der Waals surface area (Å²) >= 11 is 0. The van der Waals surface area contributed by atoms with Gasteiger partial charge in [-0.15, -0.1) is 24.0 Å². The molecule has 0 saturated carbocycles. The van der Waals surface area contributed by atoms with Gasteiger partial charge in [-0.05, 0) is 45.3 Å². The first kappa shape index (κ1) is 21.2. The van der Waals surface area contributed by atoms with Crippen LogP contribution in [0.3, 0.4) is 0 Å². The fraction of sp³-hybridized carbons (Fsp3) is 0.765. The van der Waals surface area contributed by atoms with E-state index in [0.717, 1.165) is 38.7 Å². The molecule has 2 heterocycles. The highest BCUT2D eigenvalue weighted by molar-refractivity contribution is 14.0. The maximum atomic E-state index is 4.76. The minimum absolute atomic E-state index is 0. The number of likely N-dealkylation sites (N-methyl/N-ethyl adjacent to an activating group) is 2. The zero-order chi connectivity index (χ0) is 16.7. The zero-order valence-corrected chi connectivity index (χ0v) is 17.9. The van der Waals surface area contributed by atoms with Crippen molar-refractivity contribution >= 4 is 29.9 Å². The van der Waals surface area contributed by atoms with E-state index in [1.807, 2.05) is 10.9 Å². The Morgan fingerprint density at radius 2 is 2.25 bits per heavy atom. The molecule has 0 aliphatic carbocycles. The Kier molecular flexibility index (Phi) is 9.65. The lowest BCUT2D eigenvalue weighted by Crippen LogP contribution is -2.46. The maximum Gasteiger partial charge on any atom is 0.193 e. The number of rotatable bonds is 7. The van der Waals surface area contributed by atoms with E-state index in [2.05, 4.69) is 54.2 Å². The van der Waals surface area contributed by atoms with Gasteiger partial charge in [0.05, 0.1) is 19.3 Å². The highest BCUT2D eigenvalue weighted by Crippen LogP contribution is 2.17. The van der Waals surface area contributed by atoms with Crippen LogP contribution in [0.15, 0.2) is 17.4 Å². The summed E-state index contributed by atoms with van der Waals surface area (Å²) < 4.78 is 1.96. The average molecular weight is 448 g/mol. The Morgan fingerprint density at radius 3 is 2.88 bits per heavy atom. The monoisotopic (exact) mass is 448 g/mol. The van der Waals surface area contributed by atoms with Gasteiger partial charge >= 0.3 is 0 Å². The Labute approximate surface area is 163 Å². The summed E-state index contributed by atoms with van der Waals surface area (Å²) in [4.78, 5) is 9.61. The quantitative estimate of drug-likeness (QED) is 0.395. The van der Waals surface area contributed by atoms with E-state index >= 15 is 0 Å². The molecule has 0 radical (unpaired) electrons. The van der Waals surface area contributed by atoms with Gasteiger partial charge in [0.2, 0.25) is 0 Å². The molecule has 7 heteroatoms. The molecular weight excluding hydrogens is 415 g/mol. The van der Waals surface area contributed by atoms with Crippen molar-refractivity contribution in [1.29, 1.82) is 0 Å². The second-order valence-electron chi connectivity index (χ2n) is 6.32. The van der Waals surface area contributed by atoms with Crippen LogP contribution in [0, 0.1) is 6.92 Å². The SMILES string of the molecule is CCNC(=NCCn1cc(C)cn1)N(C)CC1CCCN1CC.I. The predicted octanol–water partition coefficient (Wildman–Crippen LogP) is 2.19. The van der Waals surface area contributed by atoms with Gasteiger partial charge in [0.25, 0.3) is 0 Å². The molecule has 1 unspecified atom stereocenters. The molecule has 1 aliphatic heterocycles. The number of hydrogen-bond acceptors (Lipinski definition) is 3. The summed E-state index contributed by atoms with van der Waals surface area (Å²) in [6, 6.07) is 0.655. The minimum atomic E-state index is 0. The molecule has 1 saturated heterocycles. The number of hydrogen-bond donors (Lipinski definition) is 1. The van der Waals surface area contributed by atoms with Gasteiger partial charge < -0.3 is 10.2 Å². The molecule has 0 bridgehead atoms. The number of halogens is 1. The molecule has 1 atom stereocenters. The van der Waals surface area contributed by atoms with Gasteiger partial charge in [-0.1, -0.05) is 6.92 Å². The van der Waals surface area contributed by atoms with Crippen LogP contribution in [0.25, 0.3) is 0 Å². The Balaban J connectivity index is 0.00000288. The molecule has 1 aromatic rings. The lowest BCUT2D eigenvalue weighted by atomic mass is 10.2. The Bertz CT molecular complexity index is 501. The van der Waals surface area contributed by atoms with Crippen LogP contribution in [-0.2, 0) is 6.54 Å². The lowest BCUT2D eigenvalue weighted by Gasteiger charge is -2.29. The average Bonchev–Trinajstić information content (AvgIpc) is 3.15. The molecule has 138 valence electrons. The third-order valence-corrected chi connectivity index (χ3v) is 4.44. The highest BCUT2D eigenvalue weighted by atomic mass is 127. The molecule has 1 N–H and O–H groups in total. The molecule has 0 spiro atoms. The van der Waals surface area contributed by atoms with Crippen molar-refractivity contribution < 1.29 is 0 Å². The summed E-state index contributed by atoms with van der Waals surface area (Å²) in [7, 11) is 2.14. The van der Waals surface area contributed by atoms with Crippen molar-refractivity contribution in [2.75, 3.05) is 39.8 Å². The number of aliphatic imine (C=N–C) groups is 1. The smallest absolute Gasteiger partial charge is 0.193 e. The number of guanidine groups is 1. The molecule has 6 nitrogen and oxygen atoms in total. The topological polar surface area (TPSA) is 48.7 Å². The van der Waals surface area contributed by atoms with E-state index in [4.69, 9.17) is 4.99 Å². The second-order valence-corrected chi connectivity index (χ2v) is 6.32. The first-order valence-electron chi connectivity index (χ1n) is 8.86. The number of aryl methyl sites for hydroxylation is 1. The molecule has 2 rings (SSSR count). The minimum Gasteiger partial charge on any atom is -0.357 e. The molecule has 24 heavy (non-hydrogen) atoms. The van der Waals surface area contributed by atoms with Crippen molar-refractivity contribution in [3.8, 4) is 0 Å². The maximum absolute atomic E-state index is 4.76. The van der Waals surface area contributed by atoms with Crippen molar-refractivity contribution in [2.24, 2.45) is 4.99 Å². The Hall–Kier alpha value is -0.830. The van der Waals surface area contributed by atoms with E-state index in [-0.39, 0.29) is 24.0 Å². The summed E-state index contributed by atoms with van der Waals surface area (Å²) in [6.45, 7) is 12.3. The van der Waals surface area contributed by atoms with Crippen molar-refractivity contribution in [2.45, 2.75) is 46.2 Å². The van der Waals surface area contributed by atoms with Gasteiger partial charge in [0.15, 0.2) is 5.96 Å². The van der Waals surface area contributed by atoms with E-state index in [9.17, 15) is 0 Å². The molecule has 1 fully saturated rings. The molecule has 0 aromatic carbocycles. The van der Waals surface area contributed by atoms with E-state index in [0.29, 0.717) is 6.04 Å². The fourth-order valence-electron chi connectivity index (χ4n) is 3.24. The molecular formula is C17H33IN6. The largest absolute Gasteiger partial charge is 0.357 e. The van der Waals surface area contributed by atoms with Crippen LogP contribution in [0.5, 0.6) is 0 Å². The lowest BCUT2D eigenvalue weighted by molar-refractivity contribution is 0.232. The highest BCUT2D eigenvalue weighted by Gasteiger charge is 2.24. The summed E-state index contributed by atoms with van der Waals surface area (Å²) in [5.74, 6) is 0.999. The van der Waals surface area contributed by atoms with Crippen LogP contribution in [0.1, 0.15) is 32.3 Å². The van der Waals surface area contributed by atoms with Gasteiger partial charge in [-0.25, -0.2) is 0 Å². The predicted molar refractivity (Wildman–Crippen MR) is 111 cm³/mol. The number of nitrogens with zero attached hydrogens (tertiary/aromatic N) is 5. The third kappa shape index (κ3) is 6.23. The van der Waals surface area contributed by atoms with Crippen LogP contribution in [0.4, 0.5) is 0 Å². The van der Waals surface area contributed by atoms with E-state index in [1.54, 1.807) is 0 Å². The summed E-state index contributed by atoms with van der Waals surface area (Å²) in [5.41, 5.74) is 1.19. The summed E-state index contributed by atoms with van der Waals surface area (Å²) in [5, 5.41) is 7.72. The second kappa shape index (κ2) is 10.9. The third-order valence-electron chi connectivity index (χ3n) is 4.44.